The van der Waals surface area contributed by atoms with Crippen LogP contribution in [0.5, 0.6) is 11.5 Å². The van der Waals surface area contributed by atoms with Gasteiger partial charge in [-0.15, -0.1) is 14.9 Å². The van der Waals surface area contributed by atoms with Crippen LogP contribution < -0.4 is 25.4 Å². The van der Waals surface area contributed by atoms with Gasteiger partial charge in [0.05, 0.1) is 32.0 Å². The predicted octanol–water partition coefficient (Wildman–Crippen LogP) is 2.95. The second kappa shape index (κ2) is 13.9. The molecule has 0 aliphatic rings. The van der Waals surface area contributed by atoms with Gasteiger partial charge in [-0.25, -0.2) is 10.7 Å². The largest absolute Gasteiger partial charge is 0.497 e. The van der Waals surface area contributed by atoms with Crippen molar-refractivity contribution in [2.24, 2.45) is 12.9 Å². The molecule has 3 N–H and O–H groups in total. The number of carbonyl (C=O) groups excluding carboxylic acids is 1. The van der Waals surface area contributed by atoms with Crippen LogP contribution in [0.15, 0.2) is 60.9 Å². The summed E-state index contributed by atoms with van der Waals surface area (Å²) in [6.45, 7) is 7.36. The molecular formula is C29H39N8O5+. The summed E-state index contributed by atoms with van der Waals surface area (Å²) in [5.74, 6) is 7.29. The van der Waals surface area contributed by atoms with Gasteiger partial charge in [0.1, 0.15) is 23.7 Å². The maximum atomic E-state index is 11.8. The lowest BCUT2D eigenvalue weighted by Gasteiger charge is -2.19. The lowest BCUT2D eigenvalue weighted by Crippen LogP contribution is -2.39. The summed E-state index contributed by atoms with van der Waals surface area (Å²) < 4.78 is 20.5. The zero-order valence-electron chi connectivity index (χ0n) is 24.7. The van der Waals surface area contributed by atoms with Crippen LogP contribution in [0, 0.1) is 0 Å². The molecule has 0 saturated heterocycles. The molecule has 4 rings (SSSR count). The number of carbonyl (C=O) groups is 1. The molecule has 13 heteroatoms. The molecule has 2 heterocycles. The van der Waals surface area contributed by atoms with Crippen molar-refractivity contribution in [1.82, 2.24) is 30.2 Å². The van der Waals surface area contributed by atoms with Gasteiger partial charge in [-0.2, -0.15) is 9.48 Å². The van der Waals surface area contributed by atoms with Crippen LogP contribution >= 0.6 is 0 Å². The van der Waals surface area contributed by atoms with Crippen molar-refractivity contribution in [1.29, 1.82) is 0 Å². The second-order valence-corrected chi connectivity index (χ2v) is 10.7. The third-order valence-electron chi connectivity index (χ3n) is 6.24. The molecule has 0 bridgehead atoms. The molecule has 1 atom stereocenters. The summed E-state index contributed by atoms with van der Waals surface area (Å²) in [6, 6.07) is 15.4. The maximum Gasteiger partial charge on any atom is 0.407 e. The van der Waals surface area contributed by atoms with Crippen molar-refractivity contribution in [3.63, 3.8) is 0 Å². The number of benzene rings is 2. The van der Waals surface area contributed by atoms with Crippen LogP contribution in [0.3, 0.4) is 0 Å². The fourth-order valence-corrected chi connectivity index (χ4v) is 4.11. The third kappa shape index (κ3) is 8.75. The number of tetrazole rings is 1. The molecule has 0 radical (unpaired) electrons. The standard InChI is InChI=1S/C29H38N8O5/c1-29(2,3)41-28(38)31-15-6-16-36-19-23(18-35(36)4)22-9-13-25(14-10-22)40-20-26(42-30)27-32-34-37(33-27)17-21-7-11-24(39-5)12-8-21/h7-14,18-19,26H,6,15-17,20,30H2,1-5H3/p+1. The predicted molar refractivity (Wildman–Crippen MR) is 153 cm³/mol. The molecule has 0 aliphatic carbocycles. The highest BCUT2D eigenvalue weighted by atomic mass is 16.6. The summed E-state index contributed by atoms with van der Waals surface area (Å²) in [5, 5.41) is 15.4. The normalized spacial score (nSPS) is 12.1. The molecule has 1 unspecified atom stereocenters. The van der Waals surface area contributed by atoms with E-state index in [-0.39, 0.29) is 6.61 Å². The minimum atomic E-state index is -0.688. The number of nitrogens with two attached hydrogens (primary N) is 1. The van der Waals surface area contributed by atoms with Crippen molar-refractivity contribution in [2.45, 2.75) is 52.0 Å². The Kier molecular flexibility index (Phi) is 10.1. The molecule has 2 aromatic heterocycles. The fraction of sp³-hybridized carbons (Fsp3) is 0.414. The highest BCUT2D eigenvalue weighted by Crippen LogP contribution is 2.23. The molecule has 0 aliphatic heterocycles. The average molecular weight is 580 g/mol. The number of alkyl carbamates (subject to hydrolysis) is 1. The van der Waals surface area contributed by atoms with Gasteiger partial charge in [0, 0.05) is 6.54 Å². The Morgan fingerprint density at radius 3 is 2.45 bits per heavy atom. The van der Waals surface area contributed by atoms with Crippen molar-refractivity contribution in [2.75, 3.05) is 20.3 Å². The van der Waals surface area contributed by atoms with Crippen LogP contribution in [0.25, 0.3) is 11.1 Å². The van der Waals surface area contributed by atoms with Gasteiger partial charge in [0.2, 0.25) is 12.0 Å². The van der Waals surface area contributed by atoms with Gasteiger partial charge < -0.3 is 19.5 Å². The average Bonchev–Trinajstić information content (AvgIpc) is 3.57. The molecule has 1 amide bonds. The molecule has 13 nitrogen and oxygen atoms in total. The van der Waals surface area contributed by atoms with Gasteiger partial charge in [0.15, 0.2) is 13.2 Å². The van der Waals surface area contributed by atoms with Crippen LogP contribution in [-0.2, 0) is 29.7 Å². The molecule has 4 aromatic rings. The smallest absolute Gasteiger partial charge is 0.407 e. The Morgan fingerprint density at radius 2 is 1.79 bits per heavy atom. The molecule has 0 saturated carbocycles. The molecular weight excluding hydrogens is 540 g/mol. The number of hydrogen-bond donors (Lipinski definition) is 2. The molecule has 0 spiro atoms. The number of methoxy groups -OCH3 is 1. The number of aromatic nitrogens is 6. The lowest BCUT2D eigenvalue weighted by atomic mass is 10.1. The lowest BCUT2D eigenvalue weighted by molar-refractivity contribution is -0.753. The Bertz CT molecular complexity index is 1430. The van der Waals surface area contributed by atoms with Gasteiger partial charge in [-0.05, 0) is 67.8 Å². The number of aryl methyl sites for hydroxylation is 2. The number of amides is 1. The van der Waals surface area contributed by atoms with Crippen LogP contribution in [0.1, 0.15) is 44.7 Å². The number of nitrogens with one attached hydrogen (secondary N) is 1. The van der Waals surface area contributed by atoms with Crippen molar-refractivity contribution >= 4 is 6.09 Å². The van der Waals surface area contributed by atoms with E-state index in [1.165, 1.54) is 4.80 Å². The highest BCUT2D eigenvalue weighted by molar-refractivity contribution is 5.67. The number of hydrogen-bond acceptors (Lipinski definition) is 9. The number of ether oxygens (including phenoxy) is 3. The first-order valence-electron chi connectivity index (χ1n) is 13.7. The molecule has 2 aromatic carbocycles. The van der Waals surface area contributed by atoms with Crippen LogP contribution in [-0.4, -0.2) is 56.8 Å². The Labute approximate surface area is 245 Å². The van der Waals surface area contributed by atoms with E-state index in [0.29, 0.717) is 24.7 Å². The van der Waals surface area contributed by atoms with E-state index >= 15 is 0 Å². The Balaban J connectivity index is 1.27. The first-order valence-corrected chi connectivity index (χ1v) is 13.7. The highest BCUT2D eigenvalue weighted by Gasteiger charge is 2.20. The zero-order valence-corrected chi connectivity index (χ0v) is 24.7. The first-order chi connectivity index (χ1) is 20.1. The molecule has 0 fully saturated rings. The van der Waals surface area contributed by atoms with E-state index in [4.69, 9.17) is 24.9 Å². The molecule has 42 heavy (non-hydrogen) atoms. The SMILES string of the molecule is COc1ccc(Cn2nnc(C(COc3ccc(-c4cn(CCCNC(=O)OC(C)(C)C)[n+](C)c4)cc3)ON)n2)cc1. The van der Waals surface area contributed by atoms with E-state index in [9.17, 15) is 4.79 Å². The van der Waals surface area contributed by atoms with E-state index in [1.807, 2.05) is 81.0 Å². The van der Waals surface area contributed by atoms with E-state index in [0.717, 1.165) is 35.4 Å². The Morgan fingerprint density at radius 1 is 1.07 bits per heavy atom. The van der Waals surface area contributed by atoms with Gasteiger partial charge in [0.25, 0.3) is 0 Å². The van der Waals surface area contributed by atoms with Gasteiger partial charge >= 0.3 is 6.09 Å². The zero-order chi connectivity index (χ0) is 30.1. The summed E-state index contributed by atoms with van der Waals surface area (Å²) in [5.41, 5.74) is 2.59. The number of rotatable bonds is 13. The first kappa shape index (κ1) is 30.5. The van der Waals surface area contributed by atoms with Crippen molar-refractivity contribution in [3.05, 3.63) is 72.3 Å². The van der Waals surface area contributed by atoms with Crippen molar-refractivity contribution < 1.29 is 28.5 Å². The summed E-state index contributed by atoms with van der Waals surface area (Å²) in [4.78, 5) is 18.4. The fourth-order valence-electron chi connectivity index (χ4n) is 4.11. The molecule has 224 valence electrons. The van der Waals surface area contributed by atoms with Crippen LogP contribution in [0.4, 0.5) is 4.79 Å². The van der Waals surface area contributed by atoms with E-state index in [1.54, 1.807) is 7.11 Å². The Hall–Kier alpha value is -4.49. The quantitative estimate of drug-likeness (QED) is 0.139. The second-order valence-electron chi connectivity index (χ2n) is 10.7. The third-order valence-corrected chi connectivity index (χ3v) is 6.24. The van der Waals surface area contributed by atoms with Gasteiger partial charge in [-0.1, -0.05) is 24.3 Å². The van der Waals surface area contributed by atoms with Gasteiger partial charge in [-0.3, -0.25) is 4.84 Å². The summed E-state index contributed by atoms with van der Waals surface area (Å²) in [6.07, 6.45) is 3.80. The minimum Gasteiger partial charge on any atom is -0.497 e. The van der Waals surface area contributed by atoms with Crippen molar-refractivity contribution in [3.8, 4) is 22.6 Å². The maximum absolute atomic E-state index is 11.8. The van der Waals surface area contributed by atoms with E-state index in [2.05, 4.69) is 37.8 Å². The van der Waals surface area contributed by atoms with Crippen LogP contribution in [0.2, 0.25) is 0 Å². The monoisotopic (exact) mass is 579 g/mol. The topological polar surface area (TPSA) is 144 Å². The van der Waals surface area contributed by atoms with E-state index < -0.39 is 17.8 Å². The number of nitrogens with zero attached hydrogens (tertiary/aromatic N) is 6. The minimum absolute atomic E-state index is 0.118. The summed E-state index contributed by atoms with van der Waals surface area (Å²) >= 11 is 0. The summed E-state index contributed by atoms with van der Waals surface area (Å²) in [7, 11) is 3.61.